The number of nitriles is 1. The van der Waals surface area contributed by atoms with Crippen LogP contribution >= 0.6 is 0 Å². The second kappa shape index (κ2) is 7.76. The highest BCUT2D eigenvalue weighted by Gasteiger charge is 2.21. The maximum Gasteiger partial charge on any atom is 0.257 e. The summed E-state index contributed by atoms with van der Waals surface area (Å²) in [6, 6.07) is 10.2. The van der Waals surface area contributed by atoms with Crippen LogP contribution in [0.15, 0.2) is 42.7 Å². The Bertz CT molecular complexity index is 866. The molecule has 0 saturated carbocycles. The molecule has 0 atom stereocenters. The molecule has 1 aromatic carbocycles. The summed E-state index contributed by atoms with van der Waals surface area (Å²) in [7, 11) is 2.02. The minimum absolute atomic E-state index is 0.119. The van der Waals surface area contributed by atoms with Gasteiger partial charge < -0.3 is 15.1 Å². The minimum Gasteiger partial charge on any atom is -0.336 e. The molecule has 132 valence electrons. The molecule has 7 nitrogen and oxygen atoms in total. The van der Waals surface area contributed by atoms with Crippen molar-refractivity contribution < 1.29 is 9.59 Å². The third kappa shape index (κ3) is 4.05. The summed E-state index contributed by atoms with van der Waals surface area (Å²) in [5, 5.41) is 11.7. The van der Waals surface area contributed by atoms with E-state index in [4.69, 9.17) is 5.26 Å². The zero-order chi connectivity index (χ0) is 18.5. The second-order valence-corrected chi connectivity index (χ2v) is 6.20. The first-order chi connectivity index (χ1) is 12.6. The van der Waals surface area contributed by atoms with Crippen LogP contribution in [0.1, 0.15) is 26.3 Å². The summed E-state index contributed by atoms with van der Waals surface area (Å²) in [5.74, 6) is -0.493. The maximum atomic E-state index is 12.6. The number of hydrogen-bond acceptors (Lipinski definition) is 5. The Balaban J connectivity index is 1.73. The van der Waals surface area contributed by atoms with Crippen LogP contribution in [-0.2, 0) is 0 Å². The highest BCUT2D eigenvalue weighted by atomic mass is 16.2. The van der Waals surface area contributed by atoms with Crippen molar-refractivity contribution in [3.8, 4) is 6.07 Å². The lowest BCUT2D eigenvalue weighted by Crippen LogP contribution is -2.47. The van der Waals surface area contributed by atoms with Crippen molar-refractivity contribution in [3.63, 3.8) is 0 Å². The van der Waals surface area contributed by atoms with Gasteiger partial charge in [-0.2, -0.15) is 5.26 Å². The normalized spacial score (nSPS) is 14.5. The van der Waals surface area contributed by atoms with Crippen molar-refractivity contribution in [1.82, 2.24) is 14.8 Å². The number of nitrogens with zero attached hydrogens (tertiary/aromatic N) is 4. The van der Waals surface area contributed by atoms with Gasteiger partial charge in [0, 0.05) is 44.3 Å². The highest BCUT2D eigenvalue weighted by Crippen LogP contribution is 2.13. The topological polar surface area (TPSA) is 89.3 Å². The molecule has 1 aromatic heterocycles. The number of anilines is 1. The van der Waals surface area contributed by atoms with Gasteiger partial charge in [0.2, 0.25) is 0 Å². The van der Waals surface area contributed by atoms with Crippen LogP contribution in [0.3, 0.4) is 0 Å². The van der Waals surface area contributed by atoms with Crippen LogP contribution in [0.5, 0.6) is 0 Å². The van der Waals surface area contributed by atoms with E-state index in [9.17, 15) is 9.59 Å². The Morgan fingerprint density at radius 2 is 1.85 bits per heavy atom. The fourth-order valence-corrected chi connectivity index (χ4v) is 2.74. The number of aromatic nitrogens is 1. The summed E-state index contributed by atoms with van der Waals surface area (Å²) >= 11 is 0. The van der Waals surface area contributed by atoms with Crippen molar-refractivity contribution in [3.05, 3.63) is 59.4 Å². The van der Waals surface area contributed by atoms with E-state index < -0.39 is 0 Å². The van der Waals surface area contributed by atoms with Crippen molar-refractivity contribution in [1.29, 1.82) is 5.26 Å². The number of benzene rings is 1. The van der Waals surface area contributed by atoms with Gasteiger partial charge in [0.15, 0.2) is 0 Å². The van der Waals surface area contributed by atoms with Crippen LogP contribution in [0, 0.1) is 11.3 Å². The fraction of sp³-hybridized carbons (Fsp3) is 0.263. The van der Waals surface area contributed by atoms with Gasteiger partial charge in [-0.15, -0.1) is 0 Å². The summed E-state index contributed by atoms with van der Waals surface area (Å²) in [6.45, 7) is 2.97. The molecular weight excluding hydrogens is 330 g/mol. The highest BCUT2D eigenvalue weighted by molar-refractivity contribution is 6.05. The van der Waals surface area contributed by atoms with E-state index in [1.165, 1.54) is 12.4 Å². The predicted octanol–water partition coefficient (Wildman–Crippen LogP) is 1.59. The fourth-order valence-electron chi connectivity index (χ4n) is 2.74. The van der Waals surface area contributed by atoms with Crippen molar-refractivity contribution in [2.45, 2.75) is 0 Å². The third-order valence-corrected chi connectivity index (χ3v) is 4.29. The lowest BCUT2D eigenvalue weighted by atomic mass is 10.1. The summed E-state index contributed by atoms with van der Waals surface area (Å²) < 4.78 is 0. The molecule has 1 saturated heterocycles. The van der Waals surface area contributed by atoms with E-state index in [0.717, 1.165) is 13.1 Å². The summed E-state index contributed by atoms with van der Waals surface area (Å²) in [4.78, 5) is 33.0. The molecule has 2 aromatic rings. The average molecular weight is 349 g/mol. The molecule has 1 N–H and O–H groups in total. The van der Waals surface area contributed by atoms with Gasteiger partial charge in [-0.3, -0.25) is 14.6 Å². The zero-order valence-corrected chi connectivity index (χ0v) is 14.5. The number of hydrogen-bond donors (Lipinski definition) is 1. The number of amides is 2. The average Bonchev–Trinajstić information content (AvgIpc) is 2.68. The standard InChI is InChI=1S/C19H19N5O2/c1-23-5-7-24(8-6-23)19(26)16-10-15(12-21-13-16)18(25)22-17-4-2-3-14(9-17)11-20/h2-4,9-10,12-13H,5-8H2,1H3,(H,22,25). The Kier molecular flexibility index (Phi) is 5.25. The Hall–Kier alpha value is -3.24. The Morgan fingerprint density at radius 1 is 1.12 bits per heavy atom. The molecule has 3 rings (SSSR count). The van der Waals surface area contributed by atoms with Gasteiger partial charge in [0.25, 0.3) is 11.8 Å². The van der Waals surface area contributed by atoms with Crippen LogP contribution in [0.25, 0.3) is 0 Å². The van der Waals surface area contributed by atoms with E-state index in [1.807, 2.05) is 13.1 Å². The van der Waals surface area contributed by atoms with Gasteiger partial charge >= 0.3 is 0 Å². The third-order valence-electron chi connectivity index (χ3n) is 4.29. The molecule has 7 heteroatoms. The molecule has 2 amide bonds. The van der Waals surface area contributed by atoms with Crippen molar-refractivity contribution in [2.24, 2.45) is 0 Å². The van der Waals surface area contributed by atoms with Gasteiger partial charge in [0.05, 0.1) is 22.8 Å². The second-order valence-electron chi connectivity index (χ2n) is 6.20. The zero-order valence-electron chi connectivity index (χ0n) is 14.5. The van der Waals surface area contributed by atoms with Gasteiger partial charge in [0.1, 0.15) is 0 Å². The summed E-state index contributed by atoms with van der Waals surface area (Å²) in [6.07, 6.45) is 2.90. The van der Waals surface area contributed by atoms with Crippen molar-refractivity contribution >= 4 is 17.5 Å². The number of likely N-dealkylation sites (N-methyl/N-ethyl adjacent to an activating group) is 1. The van der Waals surface area contributed by atoms with Crippen LogP contribution in [-0.4, -0.2) is 59.8 Å². The number of carbonyl (C=O) groups is 2. The van der Waals surface area contributed by atoms with E-state index in [2.05, 4.69) is 15.2 Å². The van der Waals surface area contributed by atoms with E-state index >= 15 is 0 Å². The first-order valence-corrected chi connectivity index (χ1v) is 8.31. The maximum absolute atomic E-state index is 12.6. The first kappa shape index (κ1) is 17.6. The number of carbonyl (C=O) groups excluding carboxylic acids is 2. The lowest BCUT2D eigenvalue weighted by molar-refractivity contribution is 0.0663. The molecule has 0 aliphatic carbocycles. The molecular formula is C19H19N5O2. The lowest BCUT2D eigenvalue weighted by Gasteiger charge is -2.32. The number of nitrogens with one attached hydrogen (secondary N) is 1. The Morgan fingerprint density at radius 3 is 2.58 bits per heavy atom. The SMILES string of the molecule is CN1CCN(C(=O)c2cncc(C(=O)Nc3cccc(C#N)c3)c2)CC1. The van der Waals surface area contributed by atoms with E-state index in [-0.39, 0.29) is 11.8 Å². The quantitative estimate of drug-likeness (QED) is 0.909. The van der Waals surface area contributed by atoms with E-state index in [0.29, 0.717) is 35.5 Å². The predicted molar refractivity (Wildman–Crippen MR) is 96.7 cm³/mol. The monoisotopic (exact) mass is 349 g/mol. The molecule has 0 unspecified atom stereocenters. The molecule has 0 bridgehead atoms. The number of pyridine rings is 1. The smallest absolute Gasteiger partial charge is 0.257 e. The molecule has 0 radical (unpaired) electrons. The van der Waals surface area contributed by atoms with Gasteiger partial charge in [-0.05, 0) is 31.3 Å². The molecule has 1 aliphatic rings. The van der Waals surface area contributed by atoms with Crippen LogP contribution in [0.2, 0.25) is 0 Å². The molecule has 2 heterocycles. The first-order valence-electron chi connectivity index (χ1n) is 8.31. The molecule has 1 aliphatic heterocycles. The van der Waals surface area contributed by atoms with Crippen LogP contribution < -0.4 is 5.32 Å². The minimum atomic E-state index is -0.374. The number of piperazine rings is 1. The van der Waals surface area contributed by atoms with Crippen molar-refractivity contribution in [2.75, 3.05) is 38.5 Å². The van der Waals surface area contributed by atoms with Crippen LogP contribution in [0.4, 0.5) is 5.69 Å². The molecule has 1 fully saturated rings. The van der Waals surface area contributed by atoms with Gasteiger partial charge in [-0.25, -0.2) is 0 Å². The van der Waals surface area contributed by atoms with Gasteiger partial charge in [-0.1, -0.05) is 6.07 Å². The number of rotatable bonds is 3. The largest absolute Gasteiger partial charge is 0.336 e. The molecule has 0 spiro atoms. The summed E-state index contributed by atoms with van der Waals surface area (Å²) in [5.41, 5.74) is 1.67. The Labute approximate surface area is 151 Å². The molecule has 26 heavy (non-hydrogen) atoms. The van der Waals surface area contributed by atoms with E-state index in [1.54, 1.807) is 35.2 Å².